The van der Waals surface area contributed by atoms with Crippen LogP contribution in [0.5, 0.6) is 0 Å². The average molecular weight is 375 g/mol. The van der Waals surface area contributed by atoms with Crippen LogP contribution in [0, 0.1) is 0 Å². The zero-order valence-electron chi connectivity index (χ0n) is 11.1. The second-order valence-corrected chi connectivity index (χ2v) is 8.71. The maximum absolute atomic E-state index is 11.2. The number of nitrogens with one attached hydrogen (secondary N) is 2. The molecule has 1 unspecified atom stereocenters. The topological polar surface area (TPSA) is 58.2 Å². The molecule has 7 heteroatoms. The van der Waals surface area contributed by atoms with Gasteiger partial charge in [-0.15, -0.1) is 11.3 Å². The minimum atomic E-state index is -3.25. The smallest absolute Gasteiger partial charge is 0.229 e. The summed E-state index contributed by atoms with van der Waals surface area (Å²) in [4.78, 5) is 1.21. The summed E-state index contributed by atoms with van der Waals surface area (Å²) in [5.74, 6) is 0. The highest BCUT2D eigenvalue weighted by Crippen LogP contribution is 2.29. The normalized spacial score (nSPS) is 12.9. The van der Waals surface area contributed by atoms with Crippen molar-refractivity contribution in [2.45, 2.75) is 13.0 Å². The van der Waals surface area contributed by atoms with Gasteiger partial charge < -0.3 is 5.32 Å². The fraction of sp³-hybridized carbons (Fsp3) is 0.231. The van der Waals surface area contributed by atoms with E-state index in [4.69, 9.17) is 0 Å². The molecular weight excluding hydrogens is 360 g/mol. The molecule has 0 spiro atoms. The molecule has 0 radical (unpaired) electrons. The third-order valence-electron chi connectivity index (χ3n) is 2.57. The number of halogens is 1. The Morgan fingerprint density at radius 1 is 1.20 bits per heavy atom. The van der Waals surface area contributed by atoms with Gasteiger partial charge in [-0.05, 0) is 53.2 Å². The number of benzene rings is 1. The first-order chi connectivity index (χ1) is 9.33. The van der Waals surface area contributed by atoms with Gasteiger partial charge in [-0.2, -0.15) is 0 Å². The Balaban J connectivity index is 2.11. The molecule has 4 nitrogen and oxygen atoms in total. The van der Waals surface area contributed by atoms with Crippen LogP contribution in [-0.2, 0) is 10.0 Å². The molecule has 1 atom stereocenters. The number of rotatable bonds is 5. The van der Waals surface area contributed by atoms with E-state index in [-0.39, 0.29) is 6.04 Å². The number of thiophene rings is 1. The minimum Gasteiger partial charge on any atom is -0.378 e. The lowest BCUT2D eigenvalue weighted by Gasteiger charge is -2.14. The van der Waals surface area contributed by atoms with Gasteiger partial charge in [0.15, 0.2) is 0 Å². The number of anilines is 2. The summed E-state index contributed by atoms with van der Waals surface area (Å²) < 4.78 is 26.0. The van der Waals surface area contributed by atoms with Crippen molar-refractivity contribution in [3.05, 3.63) is 45.1 Å². The average Bonchev–Trinajstić information content (AvgIpc) is 2.74. The molecule has 1 aromatic carbocycles. The van der Waals surface area contributed by atoms with Crippen molar-refractivity contribution in [3.8, 4) is 0 Å². The van der Waals surface area contributed by atoms with Gasteiger partial charge in [-0.25, -0.2) is 8.42 Å². The number of hydrogen-bond acceptors (Lipinski definition) is 4. The molecule has 0 aliphatic heterocycles. The van der Waals surface area contributed by atoms with E-state index in [1.165, 1.54) is 4.88 Å². The van der Waals surface area contributed by atoms with Gasteiger partial charge in [0, 0.05) is 10.6 Å². The Morgan fingerprint density at radius 2 is 1.90 bits per heavy atom. The van der Waals surface area contributed by atoms with E-state index in [2.05, 4.69) is 39.0 Å². The molecule has 0 saturated heterocycles. The summed E-state index contributed by atoms with van der Waals surface area (Å²) in [6.45, 7) is 2.06. The molecule has 1 heterocycles. The van der Waals surface area contributed by atoms with Crippen molar-refractivity contribution in [1.29, 1.82) is 0 Å². The summed E-state index contributed by atoms with van der Waals surface area (Å²) in [6, 6.07) is 11.4. The van der Waals surface area contributed by atoms with Crippen LogP contribution in [0.4, 0.5) is 11.4 Å². The van der Waals surface area contributed by atoms with Crippen molar-refractivity contribution >= 4 is 48.7 Å². The standard InChI is InChI=1S/C13H15BrN2O2S2/c1-9(12-6-7-13(14)19-12)15-10-4-3-5-11(8-10)16-20(2,17)18/h3-9,15-16H,1-2H3. The maximum atomic E-state index is 11.2. The van der Waals surface area contributed by atoms with Crippen molar-refractivity contribution < 1.29 is 8.42 Å². The molecule has 20 heavy (non-hydrogen) atoms. The highest BCUT2D eigenvalue weighted by atomic mass is 79.9. The first kappa shape index (κ1) is 15.3. The van der Waals surface area contributed by atoms with Crippen LogP contribution in [0.2, 0.25) is 0 Å². The monoisotopic (exact) mass is 374 g/mol. The second-order valence-electron chi connectivity index (χ2n) is 4.46. The summed E-state index contributed by atoms with van der Waals surface area (Å²) in [5, 5.41) is 3.35. The zero-order valence-corrected chi connectivity index (χ0v) is 14.3. The molecule has 2 N–H and O–H groups in total. The minimum absolute atomic E-state index is 0.153. The molecule has 108 valence electrons. The SMILES string of the molecule is CC(Nc1cccc(NS(C)(=O)=O)c1)c1ccc(Br)s1. The van der Waals surface area contributed by atoms with Crippen molar-refractivity contribution in [1.82, 2.24) is 0 Å². The summed E-state index contributed by atoms with van der Waals surface area (Å²) >= 11 is 5.12. The lowest BCUT2D eigenvalue weighted by Crippen LogP contribution is -2.10. The van der Waals surface area contributed by atoms with E-state index < -0.39 is 10.0 Å². The fourth-order valence-electron chi connectivity index (χ4n) is 1.77. The molecule has 0 saturated carbocycles. The van der Waals surface area contributed by atoms with Crippen LogP contribution < -0.4 is 10.0 Å². The van der Waals surface area contributed by atoms with E-state index in [0.717, 1.165) is 15.7 Å². The highest BCUT2D eigenvalue weighted by molar-refractivity contribution is 9.11. The van der Waals surface area contributed by atoms with Crippen LogP contribution in [-0.4, -0.2) is 14.7 Å². The van der Waals surface area contributed by atoms with Gasteiger partial charge in [0.2, 0.25) is 10.0 Å². The van der Waals surface area contributed by atoms with Crippen LogP contribution in [0.1, 0.15) is 17.8 Å². The van der Waals surface area contributed by atoms with Gasteiger partial charge in [-0.1, -0.05) is 6.07 Å². The summed E-state index contributed by atoms with van der Waals surface area (Å²) in [6.07, 6.45) is 1.14. The van der Waals surface area contributed by atoms with Gasteiger partial charge in [0.05, 0.1) is 21.8 Å². The third-order valence-corrected chi connectivity index (χ3v) is 4.98. The predicted molar refractivity (Wildman–Crippen MR) is 89.0 cm³/mol. The number of sulfonamides is 1. The van der Waals surface area contributed by atoms with Crippen LogP contribution in [0.15, 0.2) is 40.2 Å². The van der Waals surface area contributed by atoms with Gasteiger partial charge in [0.1, 0.15) is 0 Å². The van der Waals surface area contributed by atoms with E-state index in [9.17, 15) is 8.42 Å². The Bertz CT molecular complexity index is 698. The van der Waals surface area contributed by atoms with Crippen molar-refractivity contribution in [3.63, 3.8) is 0 Å². The first-order valence-corrected chi connectivity index (χ1v) is 9.43. The third kappa shape index (κ3) is 4.50. The van der Waals surface area contributed by atoms with Crippen LogP contribution >= 0.6 is 27.3 Å². The second kappa shape index (κ2) is 6.15. The van der Waals surface area contributed by atoms with E-state index >= 15 is 0 Å². The molecular formula is C13H15BrN2O2S2. The Hall–Kier alpha value is -1.05. The molecule has 0 aliphatic rings. The predicted octanol–water partition coefficient (Wildman–Crippen LogP) is 4.06. The maximum Gasteiger partial charge on any atom is 0.229 e. The van der Waals surface area contributed by atoms with E-state index in [1.54, 1.807) is 23.5 Å². The molecule has 1 aromatic heterocycles. The lowest BCUT2D eigenvalue weighted by atomic mass is 10.2. The van der Waals surface area contributed by atoms with Crippen LogP contribution in [0.3, 0.4) is 0 Å². The molecule has 0 amide bonds. The van der Waals surface area contributed by atoms with Gasteiger partial charge >= 0.3 is 0 Å². The van der Waals surface area contributed by atoms with E-state index in [1.807, 2.05) is 18.2 Å². The molecule has 0 bridgehead atoms. The molecule has 2 aromatic rings. The van der Waals surface area contributed by atoms with E-state index in [0.29, 0.717) is 5.69 Å². The molecule has 0 aliphatic carbocycles. The van der Waals surface area contributed by atoms with Gasteiger partial charge in [0.25, 0.3) is 0 Å². The number of hydrogen-bond donors (Lipinski definition) is 2. The summed E-state index contributed by atoms with van der Waals surface area (Å²) in [7, 11) is -3.25. The molecule has 0 fully saturated rings. The van der Waals surface area contributed by atoms with Gasteiger partial charge in [-0.3, -0.25) is 4.72 Å². The quantitative estimate of drug-likeness (QED) is 0.829. The Morgan fingerprint density at radius 3 is 2.50 bits per heavy atom. The Labute approximate surface area is 131 Å². The Kier molecular flexibility index (Phi) is 4.72. The van der Waals surface area contributed by atoms with Crippen molar-refractivity contribution in [2.24, 2.45) is 0 Å². The molecule has 2 rings (SSSR count). The van der Waals surface area contributed by atoms with Crippen LogP contribution in [0.25, 0.3) is 0 Å². The highest BCUT2D eigenvalue weighted by Gasteiger charge is 2.09. The van der Waals surface area contributed by atoms with Crippen molar-refractivity contribution in [2.75, 3.05) is 16.3 Å². The fourth-order valence-corrected chi connectivity index (χ4v) is 3.75. The lowest BCUT2D eigenvalue weighted by molar-refractivity contribution is 0.607. The zero-order chi connectivity index (χ0) is 14.8. The first-order valence-electron chi connectivity index (χ1n) is 5.93. The summed E-state index contributed by atoms with van der Waals surface area (Å²) in [5.41, 5.74) is 1.42. The largest absolute Gasteiger partial charge is 0.378 e.